The largest absolute Gasteiger partial charge is 0.444 e. The molecule has 0 radical (unpaired) electrons. The van der Waals surface area contributed by atoms with Crippen LogP contribution in [0.5, 0.6) is 0 Å². The first-order chi connectivity index (χ1) is 17.3. The van der Waals surface area contributed by atoms with Crippen molar-refractivity contribution in [3.63, 3.8) is 0 Å². The number of carbonyl (C=O) groups excluding carboxylic acids is 2. The number of para-hydroxylation sites is 1. The molecule has 3 aliphatic rings. The van der Waals surface area contributed by atoms with E-state index in [4.69, 9.17) is 4.74 Å². The van der Waals surface area contributed by atoms with Gasteiger partial charge < -0.3 is 30.1 Å². The summed E-state index contributed by atoms with van der Waals surface area (Å²) >= 11 is 0. The summed E-state index contributed by atoms with van der Waals surface area (Å²) in [5.41, 5.74) is 1.49. The normalized spacial score (nSPS) is 20.9. The highest BCUT2D eigenvalue weighted by Crippen LogP contribution is 2.23. The van der Waals surface area contributed by atoms with Crippen LogP contribution in [0.15, 0.2) is 24.3 Å². The minimum atomic E-state index is -0.469. The van der Waals surface area contributed by atoms with Gasteiger partial charge in [-0.25, -0.2) is 9.59 Å². The van der Waals surface area contributed by atoms with Gasteiger partial charge >= 0.3 is 12.1 Å². The number of likely N-dealkylation sites (tertiary alicyclic amines) is 3. The Hall–Kier alpha value is -2.32. The second kappa shape index (κ2) is 12.3. The lowest BCUT2D eigenvalue weighted by Crippen LogP contribution is -2.49. The maximum Gasteiger partial charge on any atom is 0.410 e. The highest BCUT2D eigenvalue weighted by molar-refractivity contribution is 5.90. The van der Waals surface area contributed by atoms with E-state index in [0.29, 0.717) is 31.7 Å². The van der Waals surface area contributed by atoms with Crippen LogP contribution in [0.2, 0.25) is 0 Å². The van der Waals surface area contributed by atoms with Crippen molar-refractivity contribution < 1.29 is 14.3 Å². The van der Waals surface area contributed by atoms with E-state index in [-0.39, 0.29) is 12.1 Å². The molecule has 4 rings (SSSR count). The second-order valence-corrected chi connectivity index (χ2v) is 11.5. The third kappa shape index (κ3) is 7.59. The fraction of sp³-hybridized carbons (Fsp3) is 0.714. The maximum atomic E-state index is 13.0. The number of piperidine rings is 3. The van der Waals surface area contributed by atoms with Crippen LogP contribution in [0.25, 0.3) is 0 Å². The molecule has 1 aromatic rings. The third-order valence-electron chi connectivity index (χ3n) is 7.65. The number of benzene rings is 1. The molecule has 3 fully saturated rings. The van der Waals surface area contributed by atoms with E-state index in [2.05, 4.69) is 21.6 Å². The monoisotopic (exact) mass is 499 g/mol. The lowest BCUT2D eigenvalue weighted by molar-refractivity contribution is 0.0198. The van der Waals surface area contributed by atoms with Gasteiger partial charge in [0.15, 0.2) is 0 Å². The maximum absolute atomic E-state index is 13.0. The fourth-order valence-electron chi connectivity index (χ4n) is 5.56. The van der Waals surface area contributed by atoms with Crippen molar-refractivity contribution in [1.82, 2.24) is 20.0 Å². The summed E-state index contributed by atoms with van der Waals surface area (Å²) in [4.78, 5) is 31.8. The first kappa shape index (κ1) is 26.7. The Morgan fingerprint density at radius 2 is 1.53 bits per heavy atom. The summed E-state index contributed by atoms with van der Waals surface area (Å²) in [7, 11) is 0. The quantitative estimate of drug-likeness (QED) is 0.616. The molecule has 0 aliphatic carbocycles. The van der Waals surface area contributed by atoms with Crippen molar-refractivity contribution in [3.05, 3.63) is 29.8 Å². The highest BCUT2D eigenvalue weighted by Gasteiger charge is 2.29. The smallest absolute Gasteiger partial charge is 0.410 e. The van der Waals surface area contributed by atoms with Crippen LogP contribution in [0.3, 0.4) is 0 Å². The average molecular weight is 500 g/mol. The fourth-order valence-corrected chi connectivity index (χ4v) is 5.56. The summed E-state index contributed by atoms with van der Waals surface area (Å²) in [6, 6.07) is 9.02. The molecular formula is C28H45N5O3. The van der Waals surface area contributed by atoms with Gasteiger partial charge in [0.05, 0.1) is 0 Å². The van der Waals surface area contributed by atoms with Crippen molar-refractivity contribution >= 4 is 17.8 Å². The number of nitrogens with one attached hydrogen (secondary N) is 2. The Bertz CT molecular complexity index is 864. The van der Waals surface area contributed by atoms with Gasteiger partial charge in [0.2, 0.25) is 0 Å². The zero-order valence-electron chi connectivity index (χ0n) is 22.4. The molecule has 0 saturated carbocycles. The van der Waals surface area contributed by atoms with Crippen LogP contribution in [0.1, 0.15) is 71.3 Å². The number of carbonyl (C=O) groups is 2. The van der Waals surface area contributed by atoms with E-state index in [1.807, 2.05) is 43.9 Å². The molecule has 0 bridgehead atoms. The van der Waals surface area contributed by atoms with Gasteiger partial charge in [-0.2, -0.15) is 0 Å². The van der Waals surface area contributed by atoms with E-state index in [9.17, 15) is 9.59 Å². The van der Waals surface area contributed by atoms with Crippen molar-refractivity contribution in [2.24, 2.45) is 0 Å². The first-order valence-electron chi connectivity index (χ1n) is 13.9. The van der Waals surface area contributed by atoms with E-state index in [1.165, 1.54) is 32.4 Å². The first-order valence-corrected chi connectivity index (χ1v) is 13.9. The molecule has 3 saturated heterocycles. The molecule has 200 valence electrons. The number of nitrogens with zero attached hydrogens (tertiary/aromatic N) is 3. The van der Waals surface area contributed by atoms with Crippen molar-refractivity contribution in [2.45, 2.75) is 89.9 Å². The SMILES string of the molecule is CC(C)(C)OC(=O)N1CCC(NCc2ccccc2NC(=O)N2CCC(N3CCCCC3)CC2)CC1. The van der Waals surface area contributed by atoms with Crippen LogP contribution >= 0.6 is 0 Å². The predicted octanol–water partition coefficient (Wildman–Crippen LogP) is 4.66. The molecule has 8 nitrogen and oxygen atoms in total. The Morgan fingerprint density at radius 1 is 0.889 bits per heavy atom. The minimum absolute atomic E-state index is 0.00483. The summed E-state index contributed by atoms with van der Waals surface area (Å²) in [6.07, 6.45) is 7.67. The Labute approximate surface area is 216 Å². The molecule has 2 N–H and O–H groups in total. The number of amides is 3. The summed E-state index contributed by atoms with van der Waals surface area (Å²) in [5.74, 6) is 0. The van der Waals surface area contributed by atoms with Crippen LogP contribution < -0.4 is 10.6 Å². The number of hydrogen-bond donors (Lipinski definition) is 2. The predicted molar refractivity (Wildman–Crippen MR) is 143 cm³/mol. The van der Waals surface area contributed by atoms with E-state index >= 15 is 0 Å². The Balaban J connectivity index is 1.22. The Kier molecular flexibility index (Phi) is 9.12. The number of anilines is 1. The van der Waals surface area contributed by atoms with Gasteiger partial charge in [0, 0.05) is 50.5 Å². The minimum Gasteiger partial charge on any atom is -0.444 e. The van der Waals surface area contributed by atoms with E-state index in [0.717, 1.165) is 50.0 Å². The zero-order chi connectivity index (χ0) is 25.5. The van der Waals surface area contributed by atoms with Crippen molar-refractivity contribution in [2.75, 3.05) is 44.6 Å². The van der Waals surface area contributed by atoms with Crippen molar-refractivity contribution in [3.8, 4) is 0 Å². The molecule has 3 heterocycles. The van der Waals surface area contributed by atoms with Crippen LogP contribution in [0, 0.1) is 0 Å². The number of ether oxygens (including phenoxy) is 1. The lowest BCUT2D eigenvalue weighted by atomic mass is 10.00. The molecule has 8 heteroatoms. The number of rotatable bonds is 5. The summed E-state index contributed by atoms with van der Waals surface area (Å²) in [5, 5.41) is 6.80. The van der Waals surface area contributed by atoms with E-state index in [1.54, 1.807) is 4.90 Å². The molecule has 3 amide bonds. The van der Waals surface area contributed by atoms with Gasteiger partial charge in [0.1, 0.15) is 5.60 Å². The van der Waals surface area contributed by atoms with Gasteiger partial charge in [-0.1, -0.05) is 24.6 Å². The van der Waals surface area contributed by atoms with Gasteiger partial charge in [-0.15, -0.1) is 0 Å². The lowest BCUT2D eigenvalue weighted by Gasteiger charge is -2.40. The highest BCUT2D eigenvalue weighted by atomic mass is 16.6. The van der Waals surface area contributed by atoms with Gasteiger partial charge in [-0.3, -0.25) is 0 Å². The van der Waals surface area contributed by atoms with E-state index < -0.39 is 5.60 Å². The molecule has 0 spiro atoms. The average Bonchev–Trinajstić information content (AvgIpc) is 2.88. The summed E-state index contributed by atoms with van der Waals surface area (Å²) in [6.45, 7) is 11.8. The van der Waals surface area contributed by atoms with Crippen LogP contribution in [-0.2, 0) is 11.3 Å². The van der Waals surface area contributed by atoms with Gasteiger partial charge in [-0.05, 0) is 84.0 Å². The number of urea groups is 1. The van der Waals surface area contributed by atoms with Crippen LogP contribution in [-0.4, -0.2) is 83.8 Å². The molecular weight excluding hydrogens is 454 g/mol. The molecule has 0 aromatic heterocycles. The molecule has 3 aliphatic heterocycles. The third-order valence-corrected chi connectivity index (χ3v) is 7.65. The van der Waals surface area contributed by atoms with Crippen molar-refractivity contribution in [1.29, 1.82) is 0 Å². The number of hydrogen-bond acceptors (Lipinski definition) is 5. The zero-order valence-corrected chi connectivity index (χ0v) is 22.4. The molecule has 0 unspecified atom stereocenters. The standard InChI is InChI=1S/C28H45N5O3/c1-28(2,3)36-27(35)33-17-11-23(12-18-33)29-21-22-9-5-6-10-25(22)30-26(34)32-19-13-24(14-20-32)31-15-7-4-8-16-31/h5-6,9-10,23-24,29H,4,7-8,11-21H2,1-3H3,(H,30,34). The molecule has 36 heavy (non-hydrogen) atoms. The molecule has 0 atom stereocenters. The van der Waals surface area contributed by atoms with Crippen LogP contribution in [0.4, 0.5) is 15.3 Å². The summed E-state index contributed by atoms with van der Waals surface area (Å²) < 4.78 is 5.50. The topological polar surface area (TPSA) is 77.1 Å². The molecule has 1 aromatic carbocycles. The van der Waals surface area contributed by atoms with Gasteiger partial charge in [0.25, 0.3) is 0 Å². The second-order valence-electron chi connectivity index (χ2n) is 11.5. The Morgan fingerprint density at radius 3 is 2.19 bits per heavy atom.